The number of carbonyl (C=O) groups is 2. The van der Waals surface area contributed by atoms with Crippen LogP contribution in [-0.4, -0.2) is 41.0 Å². The first-order chi connectivity index (χ1) is 16.1. The third kappa shape index (κ3) is 5.02. The maximum Gasteiger partial charge on any atom is 0.272 e. The molecule has 3 aromatic rings. The first kappa shape index (κ1) is 24.0. The van der Waals surface area contributed by atoms with Crippen LogP contribution in [0, 0.1) is 5.92 Å². The SMILES string of the molecule is CS(=O)(=O)c1csc2c(=O)n(C(CC3CCCCC3)C(=O)Nc3ccc(C(N)=O)cn3)cnc12. The van der Waals surface area contributed by atoms with E-state index in [0.717, 1.165) is 49.7 Å². The average molecular weight is 504 g/mol. The fourth-order valence-electron chi connectivity index (χ4n) is 4.29. The molecule has 10 nitrogen and oxygen atoms in total. The number of thiophene rings is 1. The predicted molar refractivity (Wildman–Crippen MR) is 129 cm³/mol. The quantitative estimate of drug-likeness (QED) is 0.502. The molecule has 0 spiro atoms. The average Bonchev–Trinajstić information content (AvgIpc) is 3.25. The van der Waals surface area contributed by atoms with Gasteiger partial charge >= 0.3 is 0 Å². The molecule has 0 radical (unpaired) electrons. The van der Waals surface area contributed by atoms with Crippen molar-refractivity contribution in [2.24, 2.45) is 11.7 Å². The highest BCUT2D eigenvalue weighted by Crippen LogP contribution is 2.32. The number of carbonyl (C=O) groups excluding carboxylic acids is 2. The van der Waals surface area contributed by atoms with E-state index in [0.29, 0.717) is 6.42 Å². The lowest BCUT2D eigenvalue weighted by Crippen LogP contribution is -2.35. The number of sulfone groups is 1. The summed E-state index contributed by atoms with van der Waals surface area (Å²) in [5.41, 5.74) is 5.11. The predicted octanol–water partition coefficient (Wildman–Crippen LogP) is 2.51. The van der Waals surface area contributed by atoms with Crippen molar-refractivity contribution in [3.63, 3.8) is 0 Å². The van der Waals surface area contributed by atoms with Crippen molar-refractivity contribution in [2.75, 3.05) is 11.6 Å². The van der Waals surface area contributed by atoms with Gasteiger partial charge in [-0.3, -0.25) is 19.0 Å². The first-order valence-electron chi connectivity index (χ1n) is 10.9. The highest BCUT2D eigenvalue weighted by molar-refractivity contribution is 7.91. The van der Waals surface area contributed by atoms with Crippen LogP contribution in [0.5, 0.6) is 0 Å². The summed E-state index contributed by atoms with van der Waals surface area (Å²) in [4.78, 5) is 46.2. The molecule has 0 aliphatic heterocycles. The molecule has 0 saturated heterocycles. The number of nitrogens with two attached hydrogens (primary N) is 1. The Kier molecular flexibility index (Phi) is 6.80. The van der Waals surface area contributed by atoms with Crippen molar-refractivity contribution in [1.82, 2.24) is 14.5 Å². The van der Waals surface area contributed by atoms with Gasteiger partial charge in [0.05, 0.1) is 11.9 Å². The number of primary amides is 1. The Morgan fingerprint density at radius 3 is 2.59 bits per heavy atom. The summed E-state index contributed by atoms with van der Waals surface area (Å²) < 4.78 is 25.5. The Balaban J connectivity index is 1.70. The summed E-state index contributed by atoms with van der Waals surface area (Å²) in [7, 11) is -3.55. The van der Waals surface area contributed by atoms with Gasteiger partial charge in [0.2, 0.25) is 11.8 Å². The van der Waals surface area contributed by atoms with E-state index in [1.807, 2.05) is 0 Å². The first-order valence-corrected chi connectivity index (χ1v) is 13.7. The molecule has 3 heterocycles. The zero-order chi connectivity index (χ0) is 24.5. The molecule has 1 aliphatic carbocycles. The fraction of sp³-hybridized carbons (Fsp3) is 0.409. The molecule has 1 aliphatic rings. The minimum Gasteiger partial charge on any atom is -0.366 e. The number of amides is 2. The number of anilines is 1. The second kappa shape index (κ2) is 9.63. The van der Waals surface area contributed by atoms with E-state index in [9.17, 15) is 22.8 Å². The summed E-state index contributed by atoms with van der Waals surface area (Å²) >= 11 is 1.00. The fourth-order valence-corrected chi connectivity index (χ4v) is 6.52. The molecule has 1 fully saturated rings. The summed E-state index contributed by atoms with van der Waals surface area (Å²) in [5.74, 6) is -0.572. The van der Waals surface area contributed by atoms with E-state index in [1.165, 1.54) is 34.6 Å². The van der Waals surface area contributed by atoms with Crippen LogP contribution < -0.4 is 16.6 Å². The van der Waals surface area contributed by atoms with Gasteiger partial charge in [-0.15, -0.1) is 11.3 Å². The van der Waals surface area contributed by atoms with Gasteiger partial charge in [0.15, 0.2) is 9.84 Å². The summed E-state index contributed by atoms with van der Waals surface area (Å²) in [5, 5.41) is 4.12. The van der Waals surface area contributed by atoms with Crippen LogP contribution in [0.3, 0.4) is 0 Å². The number of nitrogens with zero attached hydrogens (tertiary/aromatic N) is 3. The van der Waals surface area contributed by atoms with Gasteiger partial charge in [0.1, 0.15) is 27.0 Å². The highest BCUT2D eigenvalue weighted by atomic mass is 32.2. The van der Waals surface area contributed by atoms with E-state index in [-0.39, 0.29) is 32.4 Å². The molecule has 4 rings (SSSR count). The van der Waals surface area contributed by atoms with Crippen LogP contribution in [0.25, 0.3) is 10.2 Å². The molecule has 2 amide bonds. The summed E-state index contributed by atoms with van der Waals surface area (Å²) in [6, 6.07) is 2.07. The highest BCUT2D eigenvalue weighted by Gasteiger charge is 2.29. The normalized spacial score (nSPS) is 15.8. The molecular formula is C22H25N5O5S2. The van der Waals surface area contributed by atoms with Crippen LogP contribution in [0.2, 0.25) is 0 Å². The van der Waals surface area contributed by atoms with Crippen LogP contribution in [-0.2, 0) is 14.6 Å². The minimum absolute atomic E-state index is 0.00349. The zero-order valence-electron chi connectivity index (χ0n) is 18.6. The van der Waals surface area contributed by atoms with E-state index >= 15 is 0 Å². The lowest BCUT2D eigenvalue weighted by atomic mass is 9.84. The van der Waals surface area contributed by atoms with Crippen LogP contribution in [0.15, 0.2) is 39.7 Å². The number of hydrogen-bond donors (Lipinski definition) is 2. The van der Waals surface area contributed by atoms with Crippen LogP contribution in [0.1, 0.15) is 54.9 Å². The second-order valence-corrected chi connectivity index (χ2v) is 11.4. The van der Waals surface area contributed by atoms with E-state index < -0.39 is 33.3 Å². The van der Waals surface area contributed by atoms with Gasteiger partial charge in [0, 0.05) is 17.8 Å². The van der Waals surface area contributed by atoms with Gasteiger partial charge in [-0.2, -0.15) is 0 Å². The Bertz CT molecular complexity index is 1390. The number of nitrogens with one attached hydrogen (secondary N) is 1. The standard InChI is InChI=1S/C22H25N5O5S2/c1-34(31,32)16-11-33-19-18(16)25-12-27(22(19)30)15(9-13-5-3-2-4-6-13)21(29)26-17-8-7-14(10-24-17)20(23)28/h7-8,10-13,15H,2-6,9H2,1H3,(H2,23,28)(H,24,26,29). The molecule has 0 aromatic carbocycles. The number of pyridine rings is 1. The molecule has 1 unspecified atom stereocenters. The molecular weight excluding hydrogens is 478 g/mol. The molecule has 180 valence electrons. The maximum atomic E-state index is 13.3. The van der Waals surface area contributed by atoms with E-state index in [2.05, 4.69) is 15.3 Å². The van der Waals surface area contributed by atoms with Crippen LogP contribution >= 0.6 is 11.3 Å². The monoisotopic (exact) mass is 503 g/mol. The topological polar surface area (TPSA) is 154 Å². The maximum absolute atomic E-state index is 13.3. The third-order valence-electron chi connectivity index (χ3n) is 6.09. The molecule has 3 N–H and O–H groups in total. The molecule has 3 aromatic heterocycles. The Morgan fingerprint density at radius 2 is 1.97 bits per heavy atom. The second-order valence-electron chi connectivity index (χ2n) is 8.55. The summed E-state index contributed by atoms with van der Waals surface area (Å²) in [6.07, 6.45) is 9.28. The van der Waals surface area contributed by atoms with Gasteiger partial charge < -0.3 is 11.1 Å². The van der Waals surface area contributed by atoms with Crippen molar-refractivity contribution in [3.05, 3.63) is 46.0 Å². The number of fused-ring (bicyclic) bond motifs is 1. The summed E-state index contributed by atoms with van der Waals surface area (Å²) in [6.45, 7) is 0. The number of aromatic nitrogens is 3. The van der Waals surface area contributed by atoms with Crippen molar-refractivity contribution in [3.8, 4) is 0 Å². The largest absolute Gasteiger partial charge is 0.366 e. The third-order valence-corrected chi connectivity index (χ3v) is 8.31. The smallest absolute Gasteiger partial charge is 0.272 e. The lowest BCUT2D eigenvalue weighted by molar-refractivity contribution is -0.120. The van der Waals surface area contributed by atoms with Gasteiger partial charge in [-0.1, -0.05) is 32.1 Å². The Labute approximate surface area is 200 Å². The Morgan fingerprint density at radius 1 is 1.24 bits per heavy atom. The van der Waals surface area contributed by atoms with E-state index in [4.69, 9.17) is 5.73 Å². The number of rotatable bonds is 7. The number of hydrogen-bond acceptors (Lipinski definition) is 8. The van der Waals surface area contributed by atoms with E-state index in [1.54, 1.807) is 0 Å². The minimum atomic E-state index is -3.55. The molecule has 0 bridgehead atoms. The van der Waals surface area contributed by atoms with Gasteiger partial charge in [0.25, 0.3) is 5.56 Å². The molecule has 1 saturated carbocycles. The van der Waals surface area contributed by atoms with Crippen molar-refractivity contribution < 1.29 is 18.0 Å². The lowest BCUT2D eigenvalue weighted by Gasteiger charge is -2.27. The van der Waals surface area contributed by atoms with Gasteiger partial charge in [-0.05, 0) is 24.5 Å². The molecule has 34 heavy (non-hydrogen) atoms. The molecule has 1 atom stereocenters. The van der Waals surface area contributed by atoms with Crippen LogP contribution in [0.4, 0.5) is 5.82 Å². The van der Waals surface area contributed by atoms with Crippen molar-refractivity contribution in [1.29, 1.82) is 0 Å². The Hall–Kier alpha value is -3.12. The van der Waals surface area contributed by atoms with Crippen molar-refractivity contribution in [2.45, 2.75) is 49.5 Å². The van der Waals surface area contributed by atoms with Crippen molar-refractivity contribution >= 4 is 49.0 Å². The molecule has 12 heteroatoms. The van der Waals surface area contributed by atoms with Gasteiger partial charge in [-0.25, -0.2) is 18.4 Å². The zero-order valence-corrected chi connectivity index (χ0v) is 20.2.